The summed E-state index contributed by atoms with van der Waals surface area (Å²) < 4.78 is 0. The molecule has 0 heterocycles. The van der Waals surface area contributed by atoms with Crippen molar-refractivity contribution in [2.75, 3.05) is 0 Å². The topological polar surface area (TPSA) is 43.1 Å². The first kappa shape index (κ1) is 8.80. The summed E-state index contributed by atoms with van der Waals surface area (Å²) in [5, 5.41) is 0.144. The molecule has 0 atom stereocenters. The summed E-state index contributed by atoms with van der Waals surface area (Å²) in [4.78, 5) is 11.2. The van der Waals surface area contributed by atoms with Gasteiger partial charge in [-0.2, -0.15) is 0 Å². The van der Waals surface area contributed by atoms with Crippen molar-refractivity contribution in [3.8, 4) is 0 Å². The van der Waals surface area contributed by atoms with E-state index >= 15 is 0 Å². The maximum absolute atomic E-state index is 11.2. The first-order valence-electron chi connectivity index (χ1n) is 3.31. The molecule has 0 amide bonds. The maximum atomic E-state index is 11.2. The molecule has 0 aromatic heterocycles. The van der Waals surface area contributed by atoms with Crippen LogP contribution in [0.3, 0.4) is 0 Å². The van der Waals surface area contributed by atoms with Gasteiger partial charge in [0.1, 0.15) is 0 Å². The highest BCUT2D eigenvalue weighted by Crippen LogP contribution is 2.33. The molecule has 0 bridgehead atoms. The van der Waals surface area contributed by atoms with Gasteiger partial charge in [0.25, 0.3) is 0 Å². The fourth-order valence-electron chi connectivity index (χ4n) is 1.29. The zero-order chi connectivity index (χ0) is 7.61. The fourth-order valence-corrected chi connectivity index (χ4v) is 2.96. The number of carbonyl (C=O) groups excluding carboxylic acids is 1. The van der Waals surface area contributed by atoms with Crippen LogP contribution in [-0.4, -0.2) is 10.7 Å². The molecular formula is C6H10INOS. The Bertz CT molecular complexity index is 145. The lowest BCUT2D eigenvalue weighted by atomic mass is 10.0. The molecule has 58 valence electrons. The van der Waals surface area contributed by atoms with Gasteiger partial charge >= 0.3 is 0 Å². The predicted octanol–water partition coefficient (Wildman–Crippen LogP) is 1.87. The van der Waals surface area contributed by atoms with Crippen molar-refractivity contribution in [3.05, 3.63) is 0 Å². The number of nitrogens with two attached hydrogens (primary N) is 1. The predicted molar refractivity (Wildman–Crippen MR) is 52.0 cm³/mol. The normalized spacial score (nSPS) is 23.0. The molecule has 1 rings (SSSR count). The highest BCUT2D eigenvalue weighted by Gasteiger charge is 2.36. The van der Waals surface area contributed by atoms with E-state index in [0.717, 1.165) is 25.7 Å². The van der Waals surface area contributed by atoms with Crippen LogP contribution in [0.2, 0.25) is 0 Å². The molecule has 0 saturated heterocycles. The van der Waals surface area contributed by atoms with Crippen LogP contribution in [0, 0.1) is 0 Å². The smallest absolute Gasteiger partial charge is 0.218 e. The number of rotatable bonds is 1. The van der Waals surface area contributed by atoms with E-state index in [9.17, 15) is 4.79 Å². The molecule has 2 nitrogen and oxygen atoms in total. The zero-order valence-corrected chi connectivity index (χ0v) is 8.57. The summed E-state index contributed by atoms with van der Waals surface area (Å²) in [6, 6.07) is 0. The van der Waals surface area contributed by atoms with Crippen molar-refractivity contribution < 1.29 is 4.79 Å². The van der Waals surface area contributed by atoms with Crippen molar-refractivity contribution in [2.24, 2.45) is 5.73 Å². The first-order chi connectivity index (χ1) is 4.69. The van der Waals surface area contributed by atoms with Gasteiger partial charge in [-0.05, 0) is 21.8 Å². The van der Waals surface area contributed by atoms with Crippen LogP contribution in [0.15, 0.2) is 0 Å². The average molecular weight is 271 g/mol. The van der Waals surface area contributed by atoms with Gasteiger partial charge in [-0.3, -0.25) is 4.79 Å². The molecule has 0 unspecified atom stereocenters. The summed E-state index contributed by atoms with van der Waals surface area (Å²) in [6.07, 6.45) is 3.97. The molecule has 0 spiro atoms. The minimum absolute atomic E-state index is 0.144. The van der Waals surface area contributed by atoms with Gasteiger partial charge in [-0.1, -0.05) is 12.8 Å². The maximum Gasteiger partial charge on any atom is 0.218 e. The van der Waals surface area contributed by atoms with Crippen LogP contribution in [0.4, 0.5) is 0 Å². The Morgan fingerprint density at radius 2 is 2.00 bits per heavy atom. The Morgan fingerprint density at radius 1 is 1.50 bits per heavy atom. The molecule has 0 radical (unpaired) electrons. The average Bonchev–Trinajstić information content (AvgIpc) is 2.36. The van der Waals surface area contributed by atoms with E-state index in [-0.39, 0.29) is 5.12 Å². The molecule has 1 saturated carbocycles. The van der Waals surface area contributed by atoms with E-state index in [4.69, 9.17) is 5.73 Å². The number of hydrogen-bond acceptors (Lipinski definition) is 3. The molecule has 0 aromatic rings. The van der Waals surface area contributed by atoms with E-state index < -0.39 is 5.54 Å². The highest BCUT2D eigenvalue weighted by molar-refractivity contribution is 14.2. The van der Waals surface area contributed by atoms with Gasteiger partial charge in [-0.15, -0.1) is 0 Å². The summed E-state index contributed by atoms with van der Waals surface area (Å²) in [5.41, 5.74) is 5.36. The fraction of sp³-hybridized carbons (Fsp3) is 0.833. The third-order valence-electron chi connectivity index (χ3n) is 1.97. The molecule has 4 heteroatoms. The summed E-state index contributed by atoms with van der Waals surface area (Å²) in [6.45, 7) is 0. The lowest BCUT2D eigenvalue weighted by molar-refractivity contribution is -0.115. The Morgan fingerprint density at radius 3 is 2.40 bits per heavy atom. The number of hydrogen-bond donors (Lipinski definition) is 1. The minimum Gasteiger partial charge on any atom is -0.318 e. The Hall–Kier alpha value is 0.710. The third-order valence-corrected chi connectivity index (χ3v) is 3.72. The summed E-state index contributed by atoms with van der Waals surface area (Å²) in [7, 11) is 1.23. The van der Waals surface area contributed by atoms with Crippen LogP contribution >= 0.6 is 30.1 Å². The number of carbonyl (C=O) groups is 1. The Labute approximate surface area is 76.9 Å². The molecule has 1 fully saturated rings. The van der Waals surface area contributed by atoms with E-state index in [1.54, 1.807) is 0 Å². The van der Waals surface area contributed by atoms with Gasteiger partial charge in [0, 0.05) is 21.2 Å². The summed E-state index contributed by atoms with van der Waals surface area (Å²) in [5.74, 6) is 0. The van der Waals surface area contributed by atoms with Crippen LogP contribution < -0.4 is 5.73 Å². The van der Waals surface area contributed by atoms with Gasteiger partial charge in [-0.25, -0.2) is 0 Å². The quantitative estimate of drug-likeness (QED) is 0.740. The van der Waals surface area contributed by atoms with Crippen molar-refractivity contribution in [2.45, 2.75) is 31.2 Å². The summed E-state index contributed by atoms with van der Waals surface area (Å²) >= 11 is 2.00. The lowest BCUT2D eigenvalue weighted by Crippen LogP contribution is -2.43. The molecule has 2 N–H and O–H groups in total. The van der Waals surface area contributed by atoms with Gasteiger partial charge in [0.15, 0.2) is 0 Å². The van der Waals surface area contributed by atoms with E-state index in [2.05, 4.69) is 0 Å². The lowest BCUT2D eigenvalue weighted by Gasteiger charge is -2.18. The van der Waals surface area contributed by atoms with Gasteiger partial charge in [0.05, 0.1) is 5.54 Å². The second-order valence-corrected chi connectivity index (χ2v) is 4.57. The Kier molecular flexibility index (Phi) is 3.00. The van der Waals surface area contributed by atoms with E-state index in [1.165, 1.54) is 8.93 Å². The van der Waals surface area contributed by atoms with Crippen LogP contribution in [-0.2, 0) is 4.79 Å². The van der Waals surface area contributed by atoms with Gasteiger partial charge < -0.3 is 5.73 Å². The van der Waals surface area contributed by atoms with E-state index in [0.29, 0.717) is 0 Å². The largest absolute Gasteiger partial charge is 0.318 e. The molecule has 0 aliphatic heterocycles. The molecule has 1 aliphatic rings. The zero-order valence-electron chi connectivity index (χ0n) is 5.60. The second kappa shape index (κ2) is 3.40. The SMILES string of the molecule is NC1(C(=O)SI)CCCC1. The number of halogens is 1. The van der Waals surface area contributed by atoms with Crippen molar-refractivity contribution >= 4 is 35.3 Å². The standard InChI is InChI=1S/C6H10INOS/c7-10-5(9)6(8)3-1-2-4-6/h1-4,8H2. The van der Waals surface area contributed by atoms with Crippen LogP contribution in [0.5, 0.6) is 0 Å². The van der Waals surface area contributed by atoms with Crippen molar-refractivity contribution in [3.63, 3.8) is 0 Å². The molecule has 1 aliphatic carbocycles. The Balaban J connectivity index is 2.58. The van der Waals surface area contributed by atoms with Crippen LogP contribution in [0.25, 0.3) is 0 Å². The van der Waals surface area contributed by atoms with E-state index in [1.807, 2.05) is 21.2 Å². The first-order valence-corrected chi connectivity index (χ1v) is 6.67. The van der Waals surface area contributed by atoms with Crippen molar-refractivity contribution in [1.29, 1.82) is 0 Å². The molecule has 0 aromatic carbocycles. The minimum atomic E-state index is -0.480. The third kappa shape index (κ3) is 1.65. The second-order valence-electron chi connectivity index (χ2n) is 2.73. The molecule has 10 heavy (non-hydrogen) atoms. The highest BCUT2D eigenvalue weighted by atomic mass is 127. The van der Waals surface area contributed by atoms with Gasteiger partial charge in [0.2, 0.25) is 5.12 Å². The van der Waals surface area contributed by atoms with Crippen LogP contribution in [0.1, 0.15) is 25.7 Å². The molecular weight excluding hydrogens is 261 g/mol. The monoisotopic (exact) mass is 271 g/mol. The van der Waals surface area contributed by atoms with Crippen molar-refractivity contribution in [1.82, 2.24) is 0 Å².